The Kier molecular flexibility index (Phi) is 3.06. The molecule has 1 heterocycles. The molecule has 0 radical (unpaired) electrons. The number of hydrogen-bond acceptors (Lipinski definition) is 2. The molecule has 1 atom stereocenters. The summed E-state index contributed by atoms with van der Waals surface area (Å²) in [5.74, 6) is 0.480. The average molecular weight is 204 g/mol. The van der Waals surface area contributed by atoms with Crippen molar-refractivity contribution in [3.63, 3.8) is 0 Å². The minimum atomic E-state index is 0.129. The van der Waals surface area contributed by atoms with Gasteiger partial charge in [-0.1, -0.05) is 19.9 Å². The summed E-state index contributed by atoms with van der Waals surface area (Å²) in [5.41, 5.74) is 10.0. The third kappa shape index (κ3) is 2.20. The topological polar surface area (TPSA) is 38.9 Å². The molecule has 0 spiro atoms. The molecule has 15 heavy (non-hydrogen) atoms. The van der Waals surface area contributed by atoms with E-state index in [1.54, 1.807) is 0 Å². The molecule has 2 heteroatoms. The van der Waals surface area contributed by atoms with Gasteiger partial charge in [0.15, 0.2) is 0 Å². The fourth-order valence-electron chi connectivity index (χ4n) is 2.17. The van der Waals surface area contributed by atoms with Crippen LogP contribution < -0.4 is 5.73 Å². The van der Waals surface area contributed by atoms with Gasteiger partial charge < -0.3 is 5.73 Å². The highest BCUT2D eigenvalue weighted by molar-refractivity contribution is 5.29. The summed E-state index contributed by atoms with van der Waals surface area (Å²) >= 11 is 0. The largest absolute Gasteiger partial charge is 0.324 e. The highest BCUT2D eigenvalue weighted by Crippen LogP contribution is 2.24. The molecular formula is C13H20N2. The Labute approximate surface area is 91.9 Å². The van der Waals surface area contributed by atoms with E-state index in [-0.39, 0.29) is 6.04 Å². The molecule has 1 aromatic heterocycles. The second kappa shape index (κ2) is 4.31. The lowest BCUT2D eigenvalue weighted by atomic mass is 9.91. The van der Waals surface area contributed by atoms with Gasteiger partial charge in [-0.05, 0) is 42.7 Å². The molecule has 1 unspecified atom stereocenters. The summed E-state index contributed by atoms with van der Waals surface area (Å²) in [6.07, 6.45) is 6.88. The van der Waals surface area contributed by atoms with Gasteiger partial charge in [0.05, 0.1) is 0 Å². The SMILES string of the molecule is CC(C)C(N)c1cnc2c(c1)CCCC2. The minimum Gasteiger partial charge on any atom is -0.324 e. The lowest BCUT2D eigenvalue weighted by Crippen LogP contribution is -2.18. The molecule has 0 amide bonds. The van der Waals surface area contributed by atoms with E-state index in [1.807, 2.05) is 6.20 Å². The van der Waals surface area contributed by atoms with Gasteiger partial charge in [-0.3, -0.25) is 4.98 Å². The number of nitrogens with two attached hydrogens (primary N) is 1. The van der Waals surface area contributed by atoms with Gasteiger partial charge >= 0.3 is 0 Å². The van der Waals surface area contributed by atoms with E-state index in [4.69, 9.17) is 5.73 Å². The van der Waals surface area contributed by atoms with Gasteiger partial charge in [0, 0.05) is 17.9 Å². The van der Waals surface area contributed by atoms with Crippen molar-refractivity contribution < 1.29 is 0 Å². The lowest BCUT2D eigenvalue weighted by Gasteiger charge is -2.20. The predicted molar refractivity (Wildman–Crippen MR) is 62.6 cm³/mol. The summed E-state index contributed by atoms with van der Waals surface area (Å²) < 4.78 is 0. The van der Waals surface area contributed by atoms with E-state index in [0.717, 1.165) is 6.42 Å². The van der Waals surface area contributed by atoms with Crippen LogP contribution in [0.1, 0.15) is 49.6 Å². The second-order valence-corrected chi connectivity index (χ2v) is 4.85. The molecule has 0 fully saturated rings. The van der Waals surface area contributed by atoms with E-state index < -0.39 is 0 Å². The van der Waals surface area contributed by atoms with Crippen LogP contribution in [0.2, 0.25) is 0 Å². The molecule has 0 bridgehead atoms. The number of rotatable bonds is 2. The molecule has 0 saturated heterocycles. The second-order valence-electron chi connectivity index (χ2n) is 4.85. The van der Waals surface area contributed by atoms with Crippen molar-refractivity contribution in [2.45, 2.75) is 45.6 Å². The molecule has 0 aromatic carbocycles. The van der Waals surface area contributed by atoms with Crippen LogP contribution in [0.5, 0.6) is 0 Å². The smallest absolute Gasteiger partial charge is 0.0435 e. The van der Waals surface area contributed by atoms with E-state index >= 15 is 0 Å². The van der Waals surface area contributed by atoms with Gasteiger partial charge in [0.2, 0.25) is 0 Å². The Morgan fingerprint density at radius 1 is 1.27 bits per heavy atom. The molecule has 1 aromatic rings. The van der Waals surface area contributed by atoms with Crippen molar-refractivity contribution in [3.05, 3.63) is 29.1 Å². The predicted octanol–water partition coefficient (Wildman–Crippen LogP) is 2.62. The van der Waals surface area contributed by atoms with E-state index in [0.29, 0.717) is 5.92 Å². The Balaban J connectivity index is 2.27. The maximum atomic E-state index is 6.13. The number of fused-ring (bicyclic) bond motifs is 1. The molecule has 2 nitrogen and oxygen atoms in total. The Morgan fingerprint density at radius 2 is 2.00 bits per heavy atom. The van der Waals surface area contributed by atoms with Crippen LogP contribution in [0.25, 0.3) is 0 Å². The fraction of sp³-hybridized carbons (Fsp3) is 0.615. The van der Waals surface area contributed by atoms with Crippen LogP contribution >= 0.6 is 0 Å². The third-order valence-corrected chi connectivity index (χ3v) is 3.29. The summed E-state index contributed by atoms with van der Waals surface area (Å²) in [5, 5.41) is 0. The molecular weight excluding hydrogens is 184 g/mol. The minimum absolute atomic E-state index is 0.129. The van der Waals surface area contributed by atoms with Gasteiger partial charge in [-0.25, -0.2) is 0 Å². The van der Waals surface area contributed by atoms with Gasteiger partial charge in [-0.2, -0.15) is 0 Å². The summed E-state index contributed by atoms with van der Waals surface area (Å²) in [4.78, 5) is 4.54. The van der Waals surface area contributed by atoms with Gasteiger partial charge in [0.1, 0.15) is 0 Å². The first-order valence-corrected chi connectivity index (χ1v) is 5.91. The number of nitrogens with zero attached hydrogens (tertiary/aromatic N) is 1. The summed E-state index contributed by atoms with van der Waals surface area (Å²) in [7, 11) is 0. The average Bonchev–Trinajstić information content (AvgIpc) is 2.27. The molecule has 1 aliphatic rings. The quantitative estimate of drug-likeness (QED) is 0.804. The standard InChI is InChI=1S/C13H20N2/c1-9(2)13(14)11-7-10-5-3-4-6-12(10)15-8-11/h7-9,13H,3-6,14H2,1-2H3. The molecule has 0 aliphatic heterocycles. The first kappa shape index (κ1) is 10.6. The Hall–Kier alpha value is -0.890. The fourth-order valence-corrected chi connectivity index (χ4v) is 2.17. The third-order valence-electron chi connectivity index (χ3n) is 3.29. The van der Waals surface area contributed by atoms with Crippen molar-refractivity contribution in [1.29, 1.82) is 0 Å². The summed E-state index contributed by atoms with van der Waals surface area (Å²) in [6.45, 7) is 4.31. The number of pyridine rings is 1. The molecule has 82 valence electrons. The highest BCUT2D eigenvalue weighted by atomic mass is 14.7. The van der Waals surface area contributed by atoms with E-state index in [2.05, 4.69) is 24.9 Å². The van der Waals surface area contributed by atoms with Crippen molar-refractivity contribution in [1.82, 2.24) is 4.98 Å². The summed E-state index contributed by atoms with van der Waals surface area (Å²) in [6, 6.07) is 2.40. The van der Waals surface area contributed by atoms with Crippen molar-refractivity contribution >= 4 is 0 Å². The van der Waals surface area contributed by atoms with Crippen molar-refractivity contribution in [2.75, 3.05) is 0 Å². The zero-order chi connectivity index (χ0) is 10.8. The molecule has 2 N–H and O–H groups in total. The molecule has 2 rings (SSSR count). The zero-order valence-corrected chi connectivity index (χ0v) is 9.66. The lowest BCUT2D eigenvalue weighted by molar-refractivity contribution is 0.511. The van der Waals surface area contributed by atoms with Crippen molar-refractivity contribution in [2.24, 2.45) is 11.7 Å². The monoisotopic (exact) mass is 204 g/mol. The van der Waals surface area contributed by atoms with Crippen LogP contribution in [0.15, 0.2) is 12.3 Å². The van der Waals surface area contributed by atoms with Crippen LogP contribution in [0.3, 0.4) is 0 Å². The van der Waals surface area contributed by atoms with E-state index in [1.165, 1.54) is 36.1 Å². The number of hydrogen-bond donors (Lipinski definition) is 1. The maximum Gasteiger partial charge on any atom is 0.0435 e. The number of aromatic nitrogens is 1. The number of aryl methyl sites for hydroxylation is 2. The first-order valence-electron chi connectivity index (χ1n) is 5.91. The Bertz CT molecular complexity index is 344. The molecule has 1 aliphatic carbocycles. The van der Waals surface area contributed by atoms with E-state index in [9.17, 15) is 0 Å². The Morgan fingerprint density at radius 3 is 2.73 bits per heavy atom. The van der Waals surface area contributed by atoms with Gasteiger partial charge in [-0.15, -0.1) is 0 Å². The normalized spacial score (nSPS) is 17.6. The van der Waals surface area contributed by atoms with Gasteiger partial charge in [0.25, 0.3) is 0 Å². The maximum absolute atomic E-state index is 6.13. The van der Waals surface area contributed by atoms with Crippen LogP contribution in [-0.2, 0) is 12.8 Å². The van der Waals surface area contributed by atoms with Crippen LogP contribution in [0, 0.1) is 5.92 Å². The zero-order valence-electron chi connectivity index (χ0n) is 9.66. The first-order chi connectivity index (χ1) is 7.18. The van der Waals surface area contributed by atoms with Crippen LogP contribution in [0.4, 0.5) is 0 Å². The van der Waals surface area contributed by atoms with Crippen LogP contribution in [-0.4, -0.2) is 4.98 Å². The van der Waals surface area contributed by atoms with Crippen molar-refractivity contribution in [3.8, 4) is 0 Å². The highest BCUT2D eigenvalue weighted by Gasteiger charge is 2.15. The molecule has 0 saturated carbocycles.